The molecular formula is C35H31ClN6O8S2. The number of unbranched alkanes of at least 4 members (excludes halogenated alkanes) is 2. The average molecular weight is 763 g/mol. The first-order valence-corrected chi connectivity index (χ1v) is 19.1. The highest BCUT2D eigenvalue weighted by Crippen LogP contribution is 2.45. The Morgan fingerprint density at radius 3 is 2.27 bits per heavy atom. The molecule has 1 amide bonds. The number of phenolic OH excluding ortho intramolecular Hbond substituents is 1. The van der Waals surface area contributed by atoms with Gasteiger partial charge in [-0.25, -0.2) is 9.66 Å². The fourth-order valence-electron chi connectivity index (χ4n) is 5.62. The van der Waals surface area contributed by atoms with Crippen LogP contribution >= 0.6 is 11.6 Å². The van der Waals surface area contributed by atoms with Gasteiger partial charge in [0.15, 0.2) is 5.75 Å². The van der Waals surface area contributed by atoms with Gasteiger partial charge in [-0.1, -0.05) is 67.8 Å². The van der Waals surface area contributed by atoms with Gasteiger partial charge in [0.25, 0.3) is 26.1 Å². The minimum absolute atomic E-state index is 0.0554. The molecular weight excluding hydrogens is 732 g/mol. The number of para-hydroxylation sites is 1. The molecule has 52 heavy (non-hydrogen) atoms. The Morgan fingerprint density at radius 1 is 0.865 bits per heavy atom. The number of carbonyl (C=O) groups is 1. The molecule has 0 saturated heterocycles. The first-order valence-electron chi connectivity index (χ1n) is 15.8. The van der Waals surface area contributed by atoms with Crippen molar-refractivity contribution in [3.63, 3.8) is 0 Å². The Labute approximate surface area is 303 Å². The lowest BCUT2D eigenvalue weighted by Gasteiger charge is -2.16. The molecule has 6 rings (SSSR count). The second-order valence-corrected chi connectivity index (χ2v) is 14.9. The highest BCUT2D eigenvalue weighted by molar-refractivity contribution is 7.86. The van der Waals surface area contributed by atoms with Gasteiger partial charge in [0.2, 0.25) is 0 Å². The summed E-state index contributed by atoms with van der Waals surface area (Å²) >= 11 is 6.48. The van der Waals surface area contributed by atoms with Gasteiger partial charge >= 0.3 is 0 Å². The van der Waals surface area contributed by atoms with E-state index >= 15 is 0 Å². The zero-order valence-electron chi connectivity index (χ0n) is 27.4. The quantitative estimate of drug-likeness (QED) is 0.0457. The number of fused-ring (bicyclic) bond motifs is 3. The van der Waals surface area contributed by atoms with Crippen LogP contribution in [-0.2, 0) is 26.7 Å². The van der Waals surface area contributed by atoms with E-state index in [4.69, 9.17) is 16.6 Å². The molecule has 0 aliphatic carbocycles. The highest BCUT2D eigenvalue weighted by atomic mass is 35.5. The molecule has 5 N–H and O–H groups in total. The Bertz CT molecular complexity index is 2600. The summed E-state index contributed by atoms with van der Waals surface area (Å²) in [4.78, 5) is 16.0. The second-order valence-electron chi connectivity index (χ2n) is 11.7. The van der Waals surface area contributed by atoms with Crippen molar-refractivity contribution in [2.24, 2.45) is 10.2 Å². The standard InChI is InChI=1S/C35H31ClN6O8S2/c1-2-3-5-14-30-38-26-17-15-22-19-29(52(48,49)50)32(34(43)31(22)33(26)42(30)41-25-13-9-8-12-24(25)36)40-39-27-20-23(16-18-28(27)51(45,46)47)37-35(44)21-10-6-4-7-11-21/h4,6-13,15-20,41,43H,2-3,5,14H2,1H3,(H,37,44)(H,45,46,47)(H,48,49,50). The topological polar surface area (TPSA) is 213 Å². The van der Waals surface area contributed by atoms with E-state index in [0.717, 1.165) is 37.5 Å². The normalized spacial score (nSPS) is 12.2. The van der Waals surface area contributed by atoms with Crippen molar-refractivity contribution in [3.8, 4) is 5.75 Å². The van der Waals surface area contributed by atoms with Gasteiger partial charge in [-0.05, 0) is 66.4 Å². The number of imidazole rings is 1. The van der Waals surface area contributed by atoms with E-state index in [-0.39, 0.29) is 16.5 Å². The van der Waals surface area contributed by atoms with Gasteiger partial charge in [-0.2, -0.15) is 16.8 Å². The van der Waals surface area contributed by atoms with E-state index in [1.54, 1.807) is 65.3 Å². The second kappa shape index (κ2) is 14.7. The molecule has 0 fully saturated rings. The first kappa shape index (κ1) is 36.4. The highest BCUT2D eigenvalue weighted by Gasteiger charge is 2.26. The Balaban J connectivity index is 1.55. The number of aryl methyl sites for hydroxylation is 1. The van der Waals surface area contributed by atoms with Crippen molar-refractivity contribution in [2.75, 3.05) is 10.7 Å². The van der Waals surface area contributed by atoms with Crippen molar-refractivity contribution in [1.29, 1.82) is 0 Å². The molecule has 0 spiro atoms. The maximum absolute atomic E-state index is 12.8. The number of nitrogens with zero attached hydrogens (tertiary/aromatic N) is 4. The zero-order valence-corrected chi connectivity index (χ0v) is 29.7. The fourth-order valence-corrected chi connectivity index (χ4v) is 7.06. The number of azo groups is 1. The largest absolute Gasteiger partial charge is 0.505 e. The summed E-state index contributed by atoms with van der Waals surface area (Å²) in [6.45, 7) is 2.06. The van der Waals surface area contributed by atoms with Crippen LogP contribution in [0, 0.1) is 0 Å². The van der Waals surface area contributed by atoms with E-state index < -0.39 is 53.1 Å². The third-order valence-corrected chi connectivity index (χ3v) is 10.2. The van der Waals surface area contributed by atoms with Gasteiger partial charge in [0.05, 0.1) is 21.6 Å². The van der Waals surface area contributed by atoms with Gasteiger partial charge in [0.1, 0.15) is 32.5 Å². The van der Waals surface area contributed by atoms with Gasteiger partial charge in [-0.3, -0.25) is 19.3 Å². The fraction of sp³-hybridized carbons (Fsp3) is 0.143. The zero-order chi connectivity index (χ0) is 37.2. The molecule has 1 aromatic heterocycles. The average Bonchev–Trinajstić information content (AvgIpc) is 3.45. The molecule has 0 bridgehead atoms. The Morgan fingerprint density at radius 2 is 1.58 bits per heavy atom. The molecule has 14 nitrogen and oxygen atoms in total. The summed E-state index contributed by atoms with van der Waals surface area (Å²) in [7, 11) is -9.99. The van der Waals surface area contributed by atoms with Crippen LogP contribution in [0.5, 0.6) is 5.75 Å². The van der Waals surface area contributed by atoms with E-state index in [1.165, 1.54) is 12.1 Å². The lowest BCUT2D eigenvalue weighted by molar-refractivity contribution is 0.102. The van der Waals surface area contributed by atoms with E-state index in [1.807, 2.05) is 0 Å². The number of benzene rings is 5. The van der Waals surface area contributed by atoms with Gasteiger partial charge in [-0.15, -0.1) is 10.2 Å². The van der Waals surface area contributed by atoms with Crippen LogP contribution in [0.1, 0.15) is 42.4 Å². The lowest BCUT2D eigenvalue weighted by atomic mass is 10.1. The third kappa shape index (κ3) is 7.61. The number of phenols is 1. The van der Waals surface area contributed by atoms with Crippen LogP contribution in [0.4, 0.5) is 22.7 Å². The van der Waals surface area contributed by atoms with E-state index in [9.17, 15) is 35.8 Å². The molecule has 268 valence electrons. The van der Waals surface area contributed by atoms with Crippen LogP contribution in [0.3, 0.4) is 0 Å². The van der Waals surface area contributed by atoms with Crippen LogP contribution in [0.15, 0.2) is 111 Å². The van der Waals surface area contributed by atoms with Crippen molar-refractivity contribution in [3.05, 3.63) is 107 Å². The molecule has 17 heteroatoms. The number of aromatic hydroxyl groups is 1. The molecule has 0 aliphatic rings. The predicted octanol–water partition coefficient (Wildman–Crippen LogP) is 8.32. The number of nitrogens with one attached hydrogen (secondary N) is 2. The molecule has 0 saturated carbocycles. The number of amides is 1. The third-order valence-electron chi connectivity index (χ3n) is 8.08. The molecule has 0 atom stereocenters. The smallest absolute Gasteiger partial charge is 0.296 e. The number of hydrogen-bond donors (Lipinski definition) is 5. The van der Waals surface area contributed by atoms with Crippen molar-refractivity contribution < 1.29 is 35.8 Å². The summed E-state index contributed by atoms with van der Waals surface area (Å²) in [5.74, 6) is -0.683. The van der Waals surface area contributed by atoms with Crippen molar-refractivity contribution >= 4 is 82.3 Å². The Kier molecular flexibility index (Phi) is 10.3. The Hall–Kier alpha value is -5.39. The summed E-state index contributed by atoms with van der Waals surface area (Å²) in [5.41, 5.74) is 3.61. The minimum Gasteiger partial charge on any atom is -0.505 e. The number of halogens is 1. The summed E-state index contributed by atoms with van der Waals surface area (Å²) in [6, 6.07) is 22.6. The number of carbonyl (C=O) groups excluding carboxylic acids is 1. The monoisotopic (exact) mass is 762 g/mol. The molecule has 0 unspecified atom stereocenters. The van der Waals surface area contributed by atoms with Crippen LogP contribution < -0.4 is 10.7 Å². The van der Waals surface area contributed by atoms with Crippen molar-refractivity contribution in [2.45, 2.75) is 42.4 Å². The first-order chi connectivity index (χ1) is 24.8. The number of hydrogen-bond acceptors (Lipinski definition) is 10. The maximum atomic E-state index is 12.8. The minimum atomic E-state index is -5.07. The van der Waals surface area contributed by atoms with Crippen LogP contribution in [0.2, 0.25) is 5.02 Å². The summed E-state index contributed by atoms with van der Waals surface area (Å²) < 4.78 is 71.8. The molecule has 5 aromatic carbocycles. The summed E-state index contributed by atoms with van der Waals surface area (Å²) in [5, 5.41) is 22.9. The van der Waals surface area contributed by atoms with E-state index in [0.29, 0.717) is 39.6 Å². The van der Waals surface area contributed by atoms with E-state index in [2.05, 4.69) is 27.9 Å². The van der Waals surface area contributed by atoms with Crippen LogP contribution in [-0.4, -0.2) is 46.6 Å². The van der Waals surface area contributed by atoms with Crippen LogP contribution in [0.25, 0.3) is 21.8 Å². The predicted molar refractivity (Wildman–Crippen MR) is 197 cm³/mol. The number of anilines is 2. The number of aromatic nitrogens is 2. The van der Waals surface area contributed by atoms with Gasteiger partial charge < -0.3 is 10.4 Å². The van der Waals surface area contributed by atoms with Crippen molar-refractivity contribution in [1.82, 2.24) is 9.66 Å². The molecule has 0 aliphatic heterocycles. The summed E-state index contributed by atoms with van der Waals surface area (Å²) in [6.07, 6.45) is 3.21. The SMILES string of the molecule is CCCCCc1nc2ccc3cc(S(=O)(=O)O)c(N=Nc4cc(NC(=O)c5ccccc5)ccc4S(=O)(=O)O)c(O)c3c2n1Nc1ccccc1Cl. The maximum Gasteiger partial charge on any atom is 0.296 e. The lowest BCUT2D eigenvalue weighted by Crippen LogP contribution is -2.13. The van der Waals surface area contributed by atoms with Gasteiger partial charge in [0, 0.05) is 17.7 Å². The molecule has 1 heterocycles. The molecule has 6 aromatic rings. The molecule has 0 radical (unpaired) electrons. The number of rotatable bonds is 12.